The maximum absolute atomic E-state index is 13.2. The van der Waals surface area contributed by atoms with E-state index < -0.39 is 23.5 Å². The molecule has 2 aromatic rings. The molecule has 3 aliphatic rings. The van der Waals surface area contributed by atoms with Crippen molar-refractivity contribution in [1.82, 2.24) is 9.88 Å². The molecule has 0 radical (unpaired) electrons. The summed E-state index contributed by atoms with van der Waals surface area (Å²) in [5, 5.41) is 0. The first kappa shape index (κ1) is 19.8. The summed E-state index contributed by atoms with van der Waals surface area (Å²) in [6, 6.07) is 3.40. The Bertz CT molecular complexity index is 1020. The number of carbonyl (C=O) groups excluding carboxylic acids is 1. The Morgan fingerprint density at radius 3 is 2.70 bits per heavy atom. The minimum Gasteiger partial charge on any atom is -0.438 e. The summed E-state index contributed by atoms with van der Waals surface area (Å²) in [6.07, 6.45) is -2.33. The number of ether oxygens (including phenoxy) is 1. The lowest BCUT2D eigenvalue weighted by Gasteiger charge is -2.60. The van der Waals surface area contributed by atoms with Gasteiger partial charge in [0, 0.05) is 24.6 Å². The number of nitrogens with zero attached hydrogens (tertiary/aromatic N) is 2. The van der Waals surface area contributed by atoms with Crippen LogP contribution in [0.3, 0.4) is 0 Å². The average molecular weight is 422 g/mol. The van der Waals surface area contributed by atoms with Gasteiger partial charge in [0.15, 0.2) is 5.58 Å². The smallest absolute Gasteiger partial charge is 0.438 e. The SMILES string of the molecule is CC1(C)[C@H]2Cc3cc4oc([C@H]5CCCO5)nc4cc3[C@]1(C)CCN2C(=O)C(F)(F)F. The fourth-order valence-electron chi connectivity index (χ4n) is 5.67. The van der Waals surface area contributed by atoms with Gasteiger partial charge in [-0.1, -0.05) is 20.8 Å². The second kappa shape index (κ2) is 6.22. The Morgan fingerprint density at radius 2 is 2.03 bits per heavy atom. The monoisotopic (exact) mass is 422 g/mol. The Hall–Kier alpha value is -2.09. The van der Waals surface area contributed by atoms with Crippen LogP contribution >= 0.6 is 0 Å². The van der Waals surface area contributed by atoms with Crippen LogP contribution in [0, 0.1) is 5.41 Å². The molecule has 8 heteroatoms. The lowest BCUT2D eigenvalue weighted by molar-refractivity contribution is -0.195. The van der Waals surface area contributed by atoms with Gasteiger partial charge in [0.1, 0.15) is 11.6 Å². The lowest BCUT2D eigenvalue weighted by atomic mass is 9.51. The second-order valence-electron chi connectivity index (χ2n) is 9.55. The van der Waals surface area contributed by atoms with Gasteiger partial charge in [0.25, 0.3) is 0 Å². The van der Waals surface area contributed by atoms with Crippen molar-refractivity contribution in [3.63, 3.8) is 0 Å². The normalized spacial score (nSPS) is 30.5. The summed E-state index contributed by atoms with van der Waals surface area (Å²) >= 11 is 0. The first-order valence-corrected chi connectivity index (χ1v) is 10.5. The number of benzene rings is 1. The van der Waals surface area contributed by atoms with E-state index in [0.717, 1.165) is 34.4 Å². The predicted molar refractivity (Wildman–Crippen MR) is 103 cm³/mol. The molecular formula is C22H25F3N2O3. The molecule has 3 atom stereocenters. The van der Waals surface area contributed by atoms with Crippen molar-refractivity contribution in [3.8, 4) is 0 Å². The highest BCUT2D eigenvalue weighted by Crippen LogP contribution is 2.57. The molecule has 0 unspecified atom stereocenters. The number of carbonyl (C=O) groups is 1. The fraction of sp³-hybridized carbons (Fsp3) is 0.636. The standard InChI is InChI=1S/C22H25F3N2O3/c1-20(2)17-10-12-9-16-14(26-18(30-16)15-5-4-8-29-15)11-13(12)21(20,3)6-7-27(17)19(28)22(23,24)25/h9,11,15,17H,4-8,10H2,1-3H3/t15-,17-,21+/m1/s1. The number of oxazole rings is 1. The number of halogens is 3. The molecule has 1 aromatic heterocycles. The zero-order valence-electron chi connectivity index (χ0n) is 17.3. The minimum absolute atomic E-state index is 0.0976. The lowest BCUT2D eigenvalue weighted by Crippen LogP contribution is -2.66. The number of hydrogen-bond acceptors (Lipinski definition) is 4. The van der Waals surface area contributed by atoms with Crippen molar-refractivity contribution in [2.24, 2.45) is 5.41 Å². The van der Waals surface area contributed by atoms with Gasteiger partial charge >= 0.3 is 12.1 Å². The van der Waals surface area contributed by atoms with E-state index in [4.69, 9.17) is 9.15 Å². The van der Waals surface area contributed by atoms with Gasteiger partial charge < -0.3 is 14.1 Å². The van der Waals surface area contributed by atoms with Gasteiger partial charge in [0.2, 0.25) is 5.89 Å². The summed E-state index contributed by atoms with van der Waals surface area (Å²) < 4.78 is 51.3. The zero-order chi connectivity index (χ0) is 21.5. The van der Waals surface area contributed by atoms with Gasteiger partial charge in [-0.2, -0.15) is 13.2 Å². The number of rotatable bonds is 1. The molecule has 30 heavy (non-hydrogen) atoms. The highest BCUT2D eigenvalue weighted by molar-refractivity contribution is 5.83. The highest BCUT2D eigenvalue weighted by Gasteiger charge is 2.59. The van der Waals surface area contributed by atoms with Crippen molar-refractivity contribution >= 4 is 17.0 Å². The first-order chi connectivity index (χ1) is 14.0. The Kier molecular flexibility index (Phi) is 4.11. The number of likely N-dealkylation sites (tertiary alicyclic amines) is 1. The van der Waals surface area contributed by atoms with E-state index in [0.29, 0.717) is 30.9 Å². The van der Waals surface area contributed by atoms with E-state index >= 15 is 0 Å². The van der Waals surface area contributed by atoms with E-state index in [9.17, 15) is 18.0 Å². The molecule has 3 heterocycles. The van der Waals surface area contributed by atoms with E-state index in [2.05, 4.69) is 11.9 Å². The number of alkyl halides is 3. The molecule has 2 bridgehead atoms. The van der Waals surface area contributed by atoms with E-state index in [1.165, 1.54) is 0 Å². The van der Waals surface area contributed by atoms with Crippen LogP contribution < -0.4 is 0 Å². The van der Waals surface area contributed by atoms with Gasteiger partial charge in [-0.3, -0.25) is 4.79 Å². The fourth-order valence-corrected chi connectivity index (χ4v) is 5.67. The topological polar surface area (TPSA) is 55.6 Å². The van der Waals surface area contributed by atoms with Crippen LogP contribution in [0.1, 0.15) is 63.2 Å². The van der Waals surface area contributed by atoms with E-state index in [1.807, 2.05) is 26.0 Å². The van der Waals surface area contributed by atoms with Crippen molar-refractivity contribution in [2.75, 3.05) is 13.2 Å². The van der Waals surface area contributed by atoms with Crippen LogP contribution in [-0.2, 0) is 21.4 Å². The summed E-state index contributed by atoms with van der Waals surface area (Å²) in [5.74, 6) is -1.18. The van der Waals surface area contributed by atoms with Gasteiger partial charge in [-0.05, 0) is 54.4 Å². The zero-order valence-corrected chi connectivity index (χ0v) is 17.3. The number of fused-ring (bicyclic) bond motifs is 5. The van der Waals surface area contributed by atoms with Crippen LogP contribution in [0.5, 0.6) is 0 Å². The van der Waals surface area contributed by atoms with Crippen LogP contribution in [0.2, 0.25) is 0 Å². The number of amides is 1. The maximum atomic E-state index is 13.2. The van der Waals surface area contributed by atoms with Crippen LogP contribution in [-0.4, -0.2) is 41.2 Å². The van der Waals surface area contributed by atoms with Gasteiger partial charge in [-0.25, -0.2) is 4.98 Å². The van der Waals surface area contributed by atoms with Gasteiger partial charge in [-0.15, -0.1) is 0 Å². The third-order valence-electron chi connectivity index (χ3n) is 7.83. The van der Waals surface area contributed by atoms with Crippen LogP contribution in [0.4, 0.5) is 13.2 Å². The quantitative estimate of drug-likeness (QED) is 0.670. The molecule has 5 nitrogen and oxygen atoms in total. The van der Waals surface area contributed by atoms with Gasteiger partial charge in [0.05, 0.1) is 0 Å². The molecule has 5 rings (SSSR count). The predicted octanol–water partition coefficient (Wildman–Crippen LogP) is 4.68. The molecule has 2 fully saturated rings. The van der Waals surface area contributed by atoms with Crippen molar-refractivity contribution < 1.29 is 27.1 Å². The van der Waals surface area contributed by atoms with Crippen LogP contribution in [0.15, 0.2) is 16.5 Å². The molecular weight excluding hydrogens is 397 g/mol. The minimum atomic E-state index is -4.87. The largest absolute Gasteiger partial charge is 0.471 e. The molecule has 0 saturated carbocycles. The summed E-state index contributed by atoms with van der Waals surface area (Å²) in [4.78, 5) is 17.8. The van der Waals surface area contributed by atoms with E-state index in [-0.39, 0.29) is 18.1 Å². The second-order valence-corrected chi connectivity index (χ2v) is 9.55. The number of piperidine rings is 1. The maximum Gasteiger partial charge on any atom is 0.471 e. The third kappa shape index (κ3) is 2.65. The summed E-state index contributed by atoms with van der Waals surface area (Å²) in [6.45, 7) is 6.83. The molecule has 1 amide bonds. The third-order valence-corrected chi connectivity index (χ3v) is 7.83. The number of aromatic nitrogens is 1. The molecule has 0 N–H and O–H groups in total. The molecule has 2 saturated heterocycles. The first-order valence-electron chi connectivity index (χ1n) is 10.5. The molecule has 1 aromatic carbocycles. The Balaban J connectivity index is 1.60. The van der Waals surface area contributed by atoms with Crippen LogP contribution in [0.25, 0.3) is 11.1 Å². The summed E-state index contributed by atoms with van der Waals surface area (Å²) in [7, 11) is 0. The molecule has 162 valence electrons. The van der Waals surface area contributed by atoms with Crippen molar-refractivity contribution in [2.45, 2.75) is 70.2 Å². The number of hydrogen-bond donors (Lipinski definition) is 0. The Labute approximate surface area is 172 Å². The van der Waals surface area contributed by atoms with E-state index in [1.54, 1.807) is 0 Å². The van der Waals surface area contributed by atoms with Crippen molar-refractivity contribution in [3.05, 3.63) is 29.2 Å². The van der Waals surface area contributed by atoms with Crippen molar-refractivity contribution in [1.29, 1.82) is 0 Å². The highest BCUT2D eigenvalue weighted by atomic mass is 19.4. The molecule has 2 aliphatic heterocycles. The Morgan fingerprint density at radius 1 is 1.27 bits per heavy atom. The molecule has 0 spiro atoms. The summed E-state index contributed by atoms with van der Waals surface area (Å²) in [5.41, 5.74) is 2.52. The molecule has 1 aliphatic carbocycles. The average Bonchev–Trinajstić information content (AvgIpc) is 3.31.